The lowest BCUT2D eigenvalue weighted by molar-refractivity contribution is -0.141. The second-order valence-electron chi connectivity index (χ2n) is 5.42. The van der Waals surface area contributed by atoms with Crippen LogP contribution in [0.15, 0.2) is 24.3 Å². The van der Waals surface area contributed by atoms with E-state index in [2.05, 4.69) is 36.5 Å². The first kappa shape index (κ1) is 15.4. The molecule has 0 saturated carbocycles. The summed E-state index contributed by atoms with van der Waals surface area (Å²) >= 11 is 0. The number of nitrogens with zero attached hydrogens (tertiary/aromatic N) is 1. The molecule has 2 N–H and O–H groups in total. The van der Waals surface area contributed by atoms with Crippen molar-refractivity contribution in [2.24, 2.45) is 5.92 Å². The molecule has 1 saturated heterocycles. The van der Waals surface area contributed by atoms with E-state index < -0.39 is 11.9 Å². The molecule has 5 heteroatoms. The van der Waals surface area contributed by atoms with E-state index in [9.17, 15) is 9.59 Å². The molecule has 1 atom stereocenters. The SMILES string of the molecule is CCc1ccc(CCNC(=O)N2CCC(C(=O)O)C2)cc1. The zero-order valence-electron chi connectivity index (χ0n) is 12.3. The predicted molar refractivity (Wildman–Crippen MR) is 80.2 cm³/mol. The summed E-state index contributed by atoms with van der Waals surface area (Å²) in [5, 5.41) is 11.8. The van der Waals surface area contributed by atoms with Gasteiger partial charge in [-0.25, -0.2) is 4.79 Å². The van der Waals surface area contributed by atoms with Crippen molar-refractivity contribution in [1.29, 1.82) is 0 Å². The standard InChI is InChI=1S/C16H22N2O3/c1-2-12-3-5-13(6-4-12)7-9-17-16(21)18-10-8-14(11-18)15(19)20/h3-6,14H,2,7-11H2,1H3,(H,17,21)(H,19,20). The van der Waals surface area contributed by atoms with Gasteiger partial charge < -0.3 is 15.3 Å². The van der Waals surface area contributed by atoms with Gasteiger partial charge in [0, 0.05) is 19.6 Å². The number of urea groups is 1. The minimum absolute atomic E-state index is 0.163. The van der Waals surface area contributed by atoms with Crippen molar-refractivity contribution in [3.8, 4) is 0 Å². The first-order valence-corrected chi connectivity index (χ1v) is 7.43. The van der Waals surface area contributed by atoms with E-state index in [1.54, 1.807) is 4.90 Å². The third-order valence-corrected chi connectivity index (χ3v) is 3.95. The van der Waals surface area contributed by atoms with Gasteiger partial charge in [-0.2, -0.15) is 0 Å². The number of amides is 2. The van der Waals surface area contributed by atoms with Crippen LogP contribution < -0.4 is 5.32 Å². The van der Waals surface area contributed by atoms with Crippen LogP contribution in [0.4, 0.5) is 4.79 Å². The Bertz CT molecular complexity index is 499. The van der Waals surface area contributed by atoms with Gasteiger partial charge in [0.25, 0.3) is 0 Å². The van der Waals surface area contributed by atoms with Gasteiger partial charge in [0.15, 0.2) is 0 Å². The van der Waals surface area contributed by atoms with E-state index in [0.717, 1.165) is 12.8 Å². The Hall–Kier alpha value is -2.04. The smallest absolute Gasteiger partial charge is 0.317 e. The number of nitrogens with one attached hydrogen (secondary N) is 1. The number of hydrogen-bond donors (Lipinski definition) is 2. The van der Waals surface area contributed by atoms with Crippen LogP contribution in [0.5, 0.6) is 0 Å². The molecule has 2 amide bonds. The second kappa shape index (κ2) is 7.11. The summed E-state index contributed by atoms with van der Waals surface area (Å²) in [5.74, 6) is -1.24. The van der Waals surface area contributed by atoms with Gasteiger partial charge in [0.2, 0.25) is 0 Å². The van der Waals surface area contributed by atoms with Crippen LogP contribution in [0.25, 0.3) is 0 Å². The fourth-order valence-electron chi connectivity index (χ4n) is 2.51. The number of carbonyl (C=O) groups is 2. The number of carbonyl (C=O) groups excluding carboxylic acids is 1. The van der Waals surface area contributed by atoms with Crippen LogP contribution in [0.1, 0.15) is 24.5 Å². The van der Waals surface area contributed by atoms with Crippen LogP contribution in [0.3, 0.4) is 0 Å². The quantitative estimate of drug-likeness (QED) is 0.870. The monoisotopic (exact) mass is 290 g/mol. The van der Waals surface area contributed by atoms with E-state index in [1.807, 2.05) is 0 Å². The van der Waals surface area contributed by atoms with Crippen molar-refractivity contribution >= 4 is 12.0 Å². The number of aryl methyl sites for hydroxylation is 1. The molecule has 1 heterocycles. The Kier molecular flexibility index (Phi) is 5.20. The van der Waals surface area contributed by atoms with Crippen molar-refractivity contribution in [2.75, 3.05) is 19.6 Å². The number of benzene rings is 1. The zero-order chi connectivity index (χ0) is 15.2. The Balaban J connectivity index is 1.73. The number of hydrogen-bond acceptors (Lipinski definition) is 2. The molecule has 5 nitrogen and oxygen atoms in total. The lowest BCUT2D eigenvalue weighted by atomic mass is 10.1. The molecule has 0 spiro atoms. The summed E-state index contributed by atoms with van der Waals surface area (Å²) < 4.78 is 0. The Morgan fingerprint density at radius 3 is 2.52 bits per heavy atom. The highest BCUT2D eigenvalue weighted by molar-refractivity contribution is 5.77. The molecule has 114 valence electrons. The highest BCUT2D eigenvalue weighted by Crippen LogP contribution is 2.16. The van der Waals surface area contributed by atoms with Gasteiger partial charge in [0.05, 0.1) is 5.92 Å². The molecular weight excluding hydrogens is 268 g/mol. The summed E-state index contributed by atoms with van der Waals surface area (Å²) in [4.78, 5) is 24.4. The highest BCUT2D eigenvalue weighted by atomic mass is 16.4. The molecule has 1 aromatic carbocycles. The van der Waals surface area contributed by atoms with Crippen LogP contribution in [0, 0.1) is 5.92 Å². The van der Waals surface area contributed by atoms with Crippen molar-refractivity contribution in [3.05, 3.63) is 35.4 Å². The van der Waals surface area contributed by atoms with Crippen LogP contribution in [-0.2, 0) is 17.6 Å². The molecule has 0 radical (unpaired) electrons. The van der Waals surface area contributed by atoms with Crippen molar-refractivity contribution in [3.63, 3.8) is 0 Å². The summed E-state index contributed by atoms with van der Waals surface area (Å²) in [5.41, 5.74) is 2.50. The molecule has 0 aromatic heterocycles. The van der Waals surface area contributed by atoms with Gasteiger partial charge in [-0.1, -0.05) is 31.2 Å². The maximum Gasteiger partial charge on any atom is 0.317 e. The predicted octanol–water partition coefficient (Wildman–Crippen LogP) is 1.91. The highest BCUT2D eigenvalue weighted by Gasteiger charge is 2.30. The van der Waals surface area contributed by atoms with Gasteiger partial charge in [-0.05, 0) is 30.4 Å². The van der Waals surface area contributed by atoms with Crippen molar-refractivity contribution < 1.29 is 14.7 Å². The van der Waals surface area contributed by atoms with E-state index in [0.29, 0.717) is 26.1 Å². The minimum Gasteiger partial charge on any atom is -0.481 e. The topological polar surface area (TPSA) is 69.6 Å². The molecule has 1 aliphatic rings. The van der Waals surface area contributed by atoms with E-state index in [4.69, 9.17) is 5.11 Å². The second-order valence-corrected chi connectivity index (χ2v) is 5.42. The van der Waals surface area contributed by atoms with Gasteiger partial charge in [-0.3, -0.25) is 4.79 Å². The first-order chi connectivity index (χ1) is 10.1. The van der Waals surface area contributed by atoms with Gasteiger partial charge >= 0.3 is 12.0 Å². The molecule has 1 aromatic rings. The maximum absolute atomic E-state index is 11.9. The zero-order valence-corrected chi connectivity index (χ0v) is 12.3. The molecule has 2 rings (SSSR count). The Morgan fingerprint density at radius 1 is 1.29 bits per heavy atom. The summed E-state index contributed by atoms with van der Waals surface area (Å²) in [7, 11) is 0. The van der Waals surface area contributed by atoms with Gasteiger partial charge in [-0.15, -0.1) is 0 Å². The van der Waals surface area contributed by atoms with E-state index >= 15 is 0 Å². The summed E-state index contributed by atoms with van der Waals surface area (Å²) in [6.45, 7) is 3.52. The van der Waals surface area contributed by atoms with Crippen LogP contribution in [-0.4, -0.2) is 41.6 Å². The molecule has 1 fully saturated rings. The molecule has 0 aliphatic carbocycles. The average molecular weight is 290 g/mol. The summed E-state index contributed by atoms with van der Waals surface area (Å²) in [6.07, 6.45) is 2.35. The van der Waals surface area contributed by atoms with Gasteiger partial charge in [0.1, 0.15) is 0 Å². The number of rotatable bonds is 5. The molecule has 0 bridgehead atoms. The fourth-order valence-corrected chi connectivity index (χ4v) is 2.51. The number of likely N-dealkylation sites (tertiary alicyclic amines) is 1. The number of aliphatic carboxylic acids is 1. The average Bonchev–Trinajstić information content (AvgIpc) is 2.98. The van der Waals surface area contributed by atoms with E-state index in [-0.39, 0.29) is 6.03 Å². The van der Waals surface area contributed by atoms with Crippen LogP contribution in [0.2, 0.25) is 0 Å². The number of carboxylic acid groups (broad SMARTS) is 1. The largest absolute Gasteiger partial charge is 0.481 e. The van der Waals surface area contributed by atoms with Crippen molar-refractivity contribution in [1.82, 2.24) is 10.2 Å². The van der Waals surface area contributed by atoms with Crippen LogP contribution >= 0.6 is 0 Å². The summed E-state index contributed by atoms with van der Waals surface area (Å²) in [6, 6.07) is 8.22. The third kappa shape index (κ3) is 4.21. The lowest BCUT2D eigenvalue weighted by Crippen LogP contribution is -2.39. The molecule has 1 aliphatic heterocycles. The maximum atomic E-state index is 11.9. The normalized spacial score (nSPS) is 17.8. The Morgan fingerprint density at radius 2 is 1.95 bits per heavy atom. The first-order valence-electron chi connectivity index (χ1n) is 7.43. The molecule has 1 unspecified atom stereocenters. The minimum atomic E-state index is -0.818. The molecule has 21 heavy (non-hydrogen) atoms. The Labute approximate surface area is 125 Å². The fraction of sp³-hybridized carbons (Fsp3) is 0.500. The number of carboxylic acids is 1. The third-order valence-electron chi connectivity index (χ3n) is 3.95. The molecular formula is C16H22N2O3. The van der Waals surface area contributed by atoms with Crippen molar-refractivity contribution in [2.45, 2.75) is 26.2 Å². The van der Waals surface area contributed by atoms with E-state index in [1.165, 1.54) is 11.1 Å². The lowest BCUT2D eigenvalue weighted by Gasteiger charge is -2.16.